The van der Waals surface area contributed by atoms with E-state index in [9.17, 15) is 4.79 Å². The van der Waals surface area contributed by atoms with E-state index in [-0.39, 0.29) is 5.69 Å². The number of aromatic nitrogens is 4. The minimum absolute atomic E-state index is 0.272. The molecule has 0 radical (unpaired) electrons. The summed E-state index contributed by atoms with van der Waals surface area (Å²) in [5, 5.41) is 10.4. The molecular weight excluding hydrogens is 276 g/mol. The highest BCUT2D eigenvalue weighted by molar-refractivity contribution is 7.12. The van der Waals surface area contributed by atoms with Crippen LogP contribution in [0.1, 0.15) is 10.5 Å². The zero-order chi connectivity index (χ0) is 13.9. The normalized spacial score (nSPS) is 10.4. The monoisotopic (exact) mass is 286 g/mol. The molecule has 0 spiro atoms. The number of carbonyl (C=O) groups excluding carboxylic acids is 1. The van der Waals surface area contributed by atoms with Gasteiger partial charge in [0.25, 0.3) is 0 Å². The molecule has 0 aliphatic heterocycles. The predicted molar refractivity (Wildman–Crippen MR) is 74.4 cm³/mol. The fraction of sp³-hybridized carbons (Fsp3) is 0.0769. The Morgan fingerprint density at radius 1 is 1.40 bits per heavy atom. The highest BCUT2D eigenvalue weighted by atomic mass is 32.1. The first-order chi connectivity index (χ1) is 9.83. The Bertz CT molecular complexity index is 737. The molecule has 0 saturated carbocycles. The van der Waals surface area contributed by atoms with Crippen molar-refractivity contribution in [2.75, 3.05) is 7.11 Å². The predicted octanol–water partition coefficient (Wildman–Crippen LogP) is 2.21. The maximum atomic E-state index is 11.2. The van der Waals surface area contributed by atoms with Gasteiger partial charge in [0.2, 0.25) is 5.13 Å². The summed E-state index contributed by atoms with van der Waals surface area (Å²) in [7, 11) is 1.59. The summed E-state index contributed by atoms with van der Waals surface area (Å²) >= 11 is 1.42. The zero-order valence-electron chi connectivity index (χ0n) is 10.6. The first-order valence-electron chi connectivity index (χ1n) is 5.78. The van der Waals surface area contributed by atoms with E-state index in [1.165, 1.54) is 11.3 Å². The van der Waals surface area contributed by atoms with E-state index >= 15 is 0 Å². The lowest BCUT2D eigenvalue weighted by Crippen LogP contribution is -1.99. The smallest absolute Gasteiger partial charge is 0.212 e. The highest BCUT2D eigenvalue weighted by Crippen LogP contribution is 2.27. The van der Waals surface area contributed by atoms with Gasteiger partial charge in [0.1, 0.15) is 11.4 Å². The number of benzene rings is 1. The Kier molecular flexibility index (Phi) is 3.26. The fourth-order valence-electron chi connectivity index (χ4n) is 1.87. The molecule has 3 aromatic rings. The van der Waals surface area contributed by atoms with Crippen LogP contribution in [0.2, 0.25) is 0 Å². The van der Waals surface area contributed by atoms with Crippen molar-refractivity contribution >= 4 is 17.6 Å². The van der Waals surface area contributed by atoms with Crippen molar-refractivity contribution in [2.24, 2.45) is 0 Å². The molecule has 2 aromatic heterocycles. The van der Waals surface area contributed by atoms with Gasteiger partial charge in [-0.3, -0.25) is 4.79 Å². The molecule has 0 amide bonds. The molecule has 0 unspecified atom stereocenters. The van der Waals surface area contributed by atoms with Crippen LogP contribution >= 0.6 is 11.3 Å². The van der Waals surface area contributed by atoms with Gasteiger partial charge >= 0.3 is 0 Å². The van der Waals surface area contributed by atoms with Crippen LogP contribution in [0.25, 0.3) is 16.4 Å². The molecule has 7 heteroatoms. The maximum absolute atomic E-state index is 11.2. The zero-order valence-corrected chi connectivity index (χ0v) is 11.4. The van der Waals surface area contributed by atoms with Crippen molar-refractivity contribution in [1.29, 1.82) is 0 Å². The molecule has 0 bridgehead atoms. The summed E-state index contributed by atoms with van der Waals surface area (Å²) in [6.07, 6.45) is 2.36. The van der Waals surface area contributed by atoms with E-state index in [1.807, 2.05) is 29.6 Å². The summed E-state index contributed by atoms with van der Waals surface area (Å²) in [5.41, 5.74) is 1.67. The average molecular weight is 286 g/mol. The summed E-state index contributed by atoms with van der Waals surface area (Å²) in [6, 6.07) is 7.39. The maximum Gasteiger partial charge on any atom is 0.212 e. The van der Waals surface area contributed by atoms with Gasteiger partial charge in [0, 0.05) is 17.1 Å². The second kappa shape index (κ2) is 5.22. The summed E-state index contributed by atoms with van der Waals surface area (Å²) in [5.74, 6) is 0.700. The molecule has 2 heterocycles. The summed E-state index contributed by atoms with van der Waals surface area (Å²) in [6.45, 7) is 0. The van der Waals surface area contributed by atoms with Crippen LogP contribution in [-0.4, -0.2) is 33.4 Å². The molecule has 0 saturated heterocycles. The number of carbonyl (C=O) groups is 1. The van der Waals surface area contributed by atoms with Crippen molar-refractivity contribution in [3.05, 3.63) is 41.5 Å². The number of ether oxygens (including phenoxy) is 1. The third-order valence-electron chi connectivity index (χ3n) is 2.75. The molecule has 6 nitrogen and oxygen atoms in total. The van der Waals surface area contributed by atoms with E-state index in [1.54, 1.807) is 18.0 Å². The fourth-order valence-corrected chi connectivity index (χ4v) is 2.46. The van der Waals surface area contributed by atoms with Gasteiger partial charge < -0.3 is 4.74 Å². The number of rotatable bonds is 4. The molecule has 1 aromatic carbocycles. The first kappa shape index (κ1) is 12.5. The number of hydrogen-bond donors (Lipinski definition) is 0. The van der Waals surface area contributed by atoms with Crippen LogP contribution in [0.3, 0.4) is 0 Å². The lowest BCUT2D eigenvalue weighted by atomic mass is 10.1. The van der Waals surface area contributed by atoms with Crippen molar-refractivity contribution in [1.82, 2.24) is 20.0 Å². The summed E-state index contributed by atoms with van der Waals surface area (Å²) < 4.78 is 6.76. The third-order valence-corrected chi connectivity index (χ3v) is 3.50. The first-order valence-corrected chi connectivity index (χ1v) is 6.66. The molecule has 0 aliphatic rings. The molecular formula is C13H10N4O2S. The quantitative estimate of drug-likeness (QED) is 0.688. The Hall–Kier alpha value is -2.54. The Morgan fingerprint density at radius 3 is 3.00 bits per heavy atom. The molecule has 0 atom stereocenters. The van der Waals surface area contributed by atoms with Gasteiger partial charge in [0.05, 0.1) is 7.11 Å². The standard InChI is InChI=1S/C13H10N4O2S/c1-19-10-4-2-3-9(7-10)12-11(8-18)15-16-17(12)13-14-5-6-20-13/h2-8H,1H3. The average Bonchev–Trinajstić information content (AvgIpc) is 3.15. The highest BCUT2D eigenvalue weighted by Gasteiger charge is 2.17. The van der Waals surface area contributed by atoms with E-state index in [0.29, 0.717) is 22.9 Å². The van der Waals surface area contributed by atoms with Gasteiger partial charge in [0.15, 0.2) is 12.0 Å². The van der Waals surface area contributed by atoms with Gasteiger partial charge in [-0.25, -0.2) is 4.98 Å². The minimum atomic E-state index is 0.272. The lowest BCUT2D eigenvalue weighted by Gasteiger charge is -2.06. The topological polar surface area (TPSA) is 69.9 Å². The van der Waals surface area contributed by atoms with Gasteiger partial charge in [-0.05, 0) is 12.1 Å². The largest absolute Gasteiger partial charge is 0.497 e. The second-order valence-corrected chi connectivity index (χ2v) is 4.77. The van der Waals surface area contributed by atoms with Crippen molar-refractivity contribution in [3.8, 4) is 22.1 Å². The van der Waals surface area contributed by atoms with E-state index < -0.39 is 0 Å². The van der Waals surface area contributed by atoms with E-state index in [2.05, 4.69) is 15.3 Å². The number of aldehydes is 1. The number of methoxy groups -OCH3 is 1. The van der Waals surface area contributed by atoms with E-state index in [0.717, 1.165) is 5.56 Å². The SMILES string of the molecule is COc1cccc(-c2c(C=O)nnn2-c2nccs2)c1. The van der Waals surface area contributed by atoms with Crippen LogP contribution in [0.15, 0.2) is 35.8 Å². The Balaban J connectivity index is 2.20. The second-order valence-electron chi connectivity index (χ2n) is 3.90. The minimum Gasteiger partial charge on any atom is -0.497 e. The molecule has 0 aliphatic carbocycles. The van der Waals surface area contributed by atoms with Crippen molar-refractivity contribution < 1.29 is 9.53 Å². The summed E-state index contributed by atoms with van der Waals surface area (Å²) in [4.78, 5) is 15.4. The lowest BCUT2D eigenvalue weighted by molar-refractivity contribution is 0.111. The Labute approximate surface area is 118 Å². The molecule has 3 rings (SSSR count). The molecule has 0 N–H and O–H groups in total. The van der Waals surface area contributed by atoms with Crippen molar-refractivity contribution in [3.63, 3.8) is 0 Å². The molecule has 20 heavy (non-hydrogen) atoms. The van der Waals surface area contributed by atoms with Crippen LogP contribution in [0, 0.1) is 0 Å². The van der Waals surface area contributed by atoms with Crippen LogP contribution < -0.4 is 4.74 Å². The third kappa shape index (κ3) is 2.08. The number of thiazole rings is 1. The Morgan fingerprint density at radius 2 is 2.30 bits per heavy atom. The van der Waals surface area contributed by atoms with Crippen LogP contribution in [0.5, 0.6) is 5.75 Å². The van der Waals surface area contributed by atoms with Gasteiger partial charge in [-0.15, -0.1) is 16.4 Å². The van der Waals surface area contributed by atoms with Gasteiger partial charge in [-0.1, -0.05) is 17.3 Å². The van der Waals surface area contributed by atoms with E-state index in [4.69, 9.17) is 4.74 Å². The van der Waals surface area contributed by atoms with Crippen molar-refractivity contribution in [2.45, 2.75) is 0 Å². The molecule has 100 valence electrons. The molecule has 0 fully saturated rings. The van der Waals surface area contributed by atoms with Crippen LogP contribution in [0.4, 0.5) is 0 Å². The number of hydrogen-bond acceptors (Lipinski definition) is 6. The van der Waals surface area contributed by atoms with Gasteiger partial charge in [-0.2, -0.15) is 4.68 Å². The van der Waals surface area contributed by atoms with Crippen LogP contribution in [-0.2, 0) is 0 Å². The number of nitrogens with zero attached hydrogens (tertiary/aromatic N) is 4.